The fraction of sp³-hybridized carbons (Fsp3) is 0.700. The summed E-state index contributed by atoms with van der Waals surface area (Å²) in [6.45, 7) is 2.08. The van der Waals surface area contributed by atoms with Crippen molar-refractivity contribution in [1.82, 2.24) is 0 Å². The molecule has 0 saturated heterocycles. The van der Waals surface area contributed by atoms with Gasteiger partial charge in [-0.15, -0.1) is 0 Å². The zero-order chi connectivity index (χ0) is 10.1. The highest BCUT2D eigenvalue weighted by Crippen LogP contribution is 2.07. The molecule has 0 fully saturated rings. The zero-order valence-corrected chi connectivity index (χ0v) is 8.02. The van der Waals surface area contributed by atoms with E-state index in [-0.39, 0.29) is 0 Å². The standard InChI is InChI=1S/C10H18O3/c1-2-3-4-6-9(12)10(13)7-5-8-11/h5,7-10,12-13H,2-4,6H2,1H3/b7-5+/t9-,10-/m0/s1. The molecule has 3 heteroatoms. The topological polar surface area (TPSA) is 57.5 Å². The van der Waals surface area contributed by atoms with E-state index in [2.05, 4.69) is 6.92 Å². The molecule has 2 atom stereocenters. The Bertz CT molecular complexity index is 154. The first-order valence-corrected chi connectivity index (χ1v) is 4.70. The van der Waals surface area contributed by atoms with Crippen LogP contribution in [-0.2, 0) is 4.79 Å². The van der Waals surface area contributed by atoms with Crippen LogP contribution in [-0.4, -0.2) is 28.7 Å². The Hall–Kier alpha value is -0.670. The molecule has 76 valence electrons. The van der Waals surface area contributed by atoms with Crippen molar-refractivity contribution in [3.63, 3.8) is 0 Å². The lowest BCUT2D eigenvalue weighted by molar-refractivity contribution is -0.104. The van der Waals surface area contributed by atoms with Gasteiger partial charge in [0.25, 0.3) is 0 Å². The van der Waals surface area contributed by atoms with Crippen LogP contribution in [0.1, 0.15) is 32.6 Å². The quantitative estimate of drug-likeness (QED) is 0.355. The number of aliphatic hydroxyl groups excluding tert-OH is 2. The summed E-state index contributed by atoms with van der Waals surface area (Å²) >= 11 is 0. The van der Waals surface area contributed by atoms with Gasteiger partial charge in [-0.05, 0) is 12.5 Å². The molecule has 2 N–H and O–H groups in total. The van der Waals surface area contributed by atoms with E-state index in [0.29, 0.717) is 12.7 Å². The number of hydrogen-bond donors (Lipinski definition) is 2. The summed E-state index contributed by atoms with van der Waals surface area (Å²) in [5, 5.41) is 18.6. The van der Waals surface area contributed by atoms with Gasteiger partial charge in [-0.3, -0.25) is 4.79 Å². The van der Waals surface area contributed by atoms with E-state index in [0.717, 1.165) is 19.3 Å². The minimum atomic E-state index is -0.915. The van der Waals surface area contributed by atoms with E-state index in [1.54, 1.807) is 0 Å². The SMILES string of the molecule is CCCCC[C@H](O)[C@@H](O)/C=C/C=O. The predicted octanol–water partition coefficient (Wildman–Crippen LogP) is 1.04. The van der Waals surface area contributed by atoms with Gasteiger partial charge < -0.3 is 10.2 Å². The summed E-state index contributed by atoms with van der Waals surface area (Å²) in [4.78, 5) is 9.91. The fourth-order valence-corrected chi connectivity index (χ4v) is 1.06. The molecule has 3 nitrogen and oxygen atoms in total. The van der Waals surface area contributed by atoms with E-state index in [4.69, 9.17) is 0 Å². The van der Waals surface area contributed by atoms with Crippen molar-refractivity contribution in [2.45, 2.75) is 44.8 Å². The minimum absolute atomic E-state index is 0.582. The Morgan fingerprint density at radius 3 is 2.54 bits per heavy atom. The number of unbranched alkanes of at least 4 members (excludes halogenated alkanes) is 2. The van der Waals surface area contributed by atoms with Crippen LogP contribution in [0.4, 0.5) is 0 Å². The largest absolute Gasteiger partial charge is 0.390 e. The molecule has 0 bridgehead atoms. The van der Waals surface area contributed by atoms with Gasteiger partial charge in [-0.25, -0.2) is 0 Å². The van der Waals surface area contributed by atoms with E-state index in [1.807, 2.05) is 0 Å². The highest BCUT2D eigenvalue weighted by molar-refractivity contribution is 5.64. The van der Waals surface area contributed by atoms with E-state index in [9.17, 15) is 15.0 Å². The molecule has 0 saturated carbocycles. The lowest BCUT2D eigenvalue weighted by atomic mass is 10.1. The Morgan fingerprint density at radius 1 is 1.31 bits per heavy atom. The smallest absolute Gasteiger partial charge is 0.142 e. The van der Waals surface area contributed by atoms with Crippen molar-refractivity contribution in [2.75, 3.05) is 0 Å². The van der Waals surface area contributed by atoms with Crippen LogP contribution in [0.15, 0.2) is 12.2 Å². The molecule has 0 aromatic rings. The van der Waals surface area contributed by atoms with Gasteiger partial charge in [0.2, 0.25) is 0 Å². The van der Waals surface area contributed by atoms with Crippen molar-refractivity contribution in [3.05, 3.63) is 12.2 Å². The summed E-state index contributed by atoms with van der Waals surface area (Å²) in [5.41, 5.74) is 0. The monoisotopic (exact) mass is 186 g/mol. The first-order chi connectivity index (χ1) is 6.22. The molecule has 0 spiro atoms. The third-order valence-corrected chi connectivity index (χ3v) is 1.88. The van der Waals surface area contributed by atoms with E-state index >= 15 is 0 Å². The highest BCUT2D eigenvalue weighted by atomic mass is 16.3. The number of carbonyl (C=O) groups is 1. The summed E-state index contributed by atoms with van der Waals surface area (Å²) in [7, 11) is 0. The molecule has 13 heavy (non-hydrogen) atoms. The Balaban J connectivity index is 3.61. The molecule has 0 aromatic carbocycles. The fourth-order valence-electron chi connectivity index (χ4n) is 1.06. The molecular weight excluding hydrogens is 168 g/mol. The van der Waals surface area contributed by atoms with Gasteiger partial charge in [0.15, 0.2) is 0 Å². The molecule has 0 rings (SSSR count). The van der Waals surface area contributed by atoms with Crippen LogP contribution >= 0.6 is 0 Å². The van der Waals surface area contributed by atoms with Gasteiger partial charge in [-0.1, -0.05) is 32.3 Å². The van der Waals surface area contributed by atoms with E-state index in [1.165, 1.54) is 12.2 Å². The summed E-state index contributed by atoms with van der Waals surface area (Å²) in [5.74, 6) is 0. The molecule has 0 aliphatic heterocycles. The zero-order valence-electron chi connectivity index (χ0n) is 8.02. The summed E-state index contributed by atoms with van der Waals surface area (Å²) < 4.78 is 0. The van der Waals surface area contributed by atoms with Crippen molar-refractivity contribution in [3.8, 4) is 0 Å². The average molecular weight is 186 g/mol. The maximum Gasteiger partial charge on any atom is 0.142 e. The predicted molar refractivity (Wildman–Crippen MR) is 51.4 cm³/mol. The molecule has 0 amide bonds. The van der Waals surface area contributed by atoms with Gasteiger partial charge in [-0.2, -0.15) is 0 Å². The van der Waals surface area contributed by atoms with Crippen molar-refractivity contribution >= 4 is 6.29 Å². The van der Waals surface area contributed by atoms with Crippen LogP contribution < -0.4 is 0 Å². The molecule has 0 aliphatic carbocycles. The van der Waals surface area contributed by atoms with Crippen molar-refractivity contribution < 1.29 is 15.0 Å². The second-order valence-corrected chi connectivity index (χ2v) is 3.07. The van der Waals surface area contributed by atoms with Crippen LogP contribution in [0.2, 0.25) is 0 Å². The normalized spacial score (nSPS) is 15.9. The van der Waals surface area contributed by atoms with Crippen LogP contribution in [0.5, 0.6) is 0 Å². The van der Waals surface area contributed by atoms with Crippen LogP contribution in [0.3, 0.4) is 0 Å². The Labute approximate surface area is 79.1 Å². The van der Waals surface area contributed by atoms with Crippen LogP contribution in [0.25, 0.3) is 0 Å². The van der Waals surface area contributed by atoms with Gasteiger partial charge in [0, 0.05) is 0 Å². The lowest BCUT2D eigenvalue weighted by Crippen LogP contribution is -2.23. The number of rotatable bonds is 7. The molecule has 0 aromatic heterocycles. The lowest BCUT2D eigenvalue weighted by Gasteiger charge is -2.13. The Kier molecular flexibility index (Phi) is 7.54. The van der Waals surface area contributed by atoms with Crippen molar-refractivity contribution in [1.29, 1.82) is 0 Å². The highest BCUT2D eigenvalue weighted by Gasteiger charge is 2.11. The number of allylic oxidation sites excluding steroid dienone is 1. The van der Waals surface area contributed by atoms with Gasteiger partial charge in [0.05, 0.1) is 12.2 Å². The number of aldehydes is 1. The number of aliphatic hydroxyl groups is 2. The second-order valence-electron chi connectivity index (χ2n) is 3.07. The maximum absolute atomic E-state index is 9.91. The van der Waals surface area contributed by atoms with Gasteiger partial charge in [0.1, 0.15) is 6.29 Å². The molecular formula is C10H18O3. The van der Waals surface area contributed by atoms with E-state index < -0.39 is 12.2 Å². The molecule has 0 aliphatic rings. The second kappa shape index (κ2) is 7.95. The molecule has 0 unspecified atom stereocenters. The minimum Gasteiger partial charge on any atom is -0.390 e. The third-order valence-electron chi connectivity index (χ3n) is 1.88. The summed E-state index contributed by atoms with van der Waals surface area (Å²) in [6, 6.07) is 0. The first kappa shape index (κ1) is 12.3. The third kappa shape index (κ3) is 6.49. The van der Waals surface area contributed by atoms with Crippen molar-refractivity contribution in [2.24, 2.45) is 0 Å². The Morgan fingerprint density at radius 2 is 2.00 bits per heavy atom. The molecule has 0 heterocycles. The summed E-state index contributed by atoms with van der Waals surface area (Å²) in [6.07, 6.45) is 5.07. The number of hydrogen-bond acceptors (Lipinski definition) is 3. The average Bonchev–Trinajstić information content (AvgIpc) is 2.14. The van der Waals surface area contributed by atoms with Crippen LogP contribution in [0, 0.1) is 0 Å². The van der Waals surface area contributed by atoms with Gasteiger partial charge >= 0.3 is 0 Å². The molecule has 0 radical (unpaired) electrons. The first-order valence-electron chi connectivity index (χ1n) is 4.70. The maximum atomic E-state index is 9.91. The number of carbonyl (C=O) groups excluding carboxylic acids is 1.